The molecule has 4 rings (SSSR count). The summed E-state index contributed by atoms with van der Waals surface area (Å²) in [7, 11) is 0. The molecule has 3 aromatic rings. The molecule has 0 unspecified atom stereocenters. The molecular weight excluding hydrogens is 370 g/mol. The van der Waals surface area contributed by atoms with Gasteiger partial charge in [-0.2, -0.15) is 5.10 Å². The van der Waals surface area contributed by atoms with Gasteiger partial charge in [0.15, 0.2) is 17.2 Å². The predicted octanol–water partition coefficient (Wildman–Crippen LogP) is 2.67. The van der Waals surface area contributed by atoms with Crippen molar-refractivity contribution < 1.29 is 14.3 Å². The van der Waals surface area contributed by atoms with Crippen LogP contribution in [0.25, 0.3) is 10.8 Å². The number of halogens is 1. The first-order chi connectivity index (χ1) is 13.1. The summed E-state index contributed by atoms with van der Waals surface area (Å²) < 4.78 is 11.3. The molecular formula is C19H16ClN3O4. The number of rotatable bonds is 3. The molecule has 0 radical (unpaired) electrons. The summed E-state index contributed by atoms with van der Waals surface area (Å²) in [5.41, 5.74) is 0.591. The van der Waals surface area contributed by atoms with Gasteiger partial charge >= 0.3 is 0 Å². The van der Waals surface area contributed by atoms with E-state index in [9.17, 15) is 9.59 Å². The number of H-pyrrole nitrogens is 1. The van der Waals surface area contributed by atoms with Crippen molar-refractivity contribution in [3.63, 3.8) is 0 Å². The van der Waals surface area contributed by atoms with Crippen LogP contribution in [-0.4, -0.2) is 29.3 Å². The smallest absolute Gasteiger partial charge is 0.272 e. The Hall–Kier alpha value is -3.06. The van der Waals surface area contributed by atoms with E-state index in [-0.39, 0.29) is 17.8 Å². The Kier molecular flexibility index (Phi) is 4.68. The van der Waals surface area contributed by atoms with Crippen LogP contribution in [0.15, 0.2) is 41.2 Å². The molecule has 0 atom stereocenters. The van der Waals surface area contributed by atoms with Crippen LogP contribution >= 0.6 is 11.6 Å². The van der Waals surface area contributed by atoms with Gasteiger partial charge in [0, 0.05) is 18.4 Å². The fourth-order valence-corrected chi connectivity index (χ4v) is 3.23. The second-order valence-electron chi connectivity index (χ2n) is 6.08. The van der Waals surface area contributed by atoms with Crippen LogP contribution in [0.4, 0.5) is 0 Å². The molecule has 0 aliphatic carbocycles. The number of ether oxygens (including phenoxy) is 2. The lowest BCUT2D eigenvalue weighted by Gasteiger charge is -2.12. The van der Waals surface area contributed by atoms with Gasteiger partial charge in [-0.1, -0.05) is 29.8 Å². The van der Waals surface area contributed by atoms with Gasteiger partial charge in [-0.05, 0) is 23.8 Å². The summed E-state index contributed by atoms with van der Waals surface area (Å²) in [6.45, 7) is 1.32. The first-order valence-corrected chi connectivity index (χ1v) is 8.85. The lowest BCUT2D eigenvalue weighted by molar-refractivity contribution is 0.0946. The number of nitrogens with one attached hydrogen (secondary N) is 2. The third kappa shape index (κ3) is 3.46. The average Bonchev–Trinajstić information content (AvgIpc) is 2.92. The van der Waals surface area contributed by atoms with Crippen LogP contribution < -0.4 is 20.3 Å². The highest BCUT2D eigenvalue weighted by Crippen LogP contribution is 2.37. The van der Waals surface area contributed by atoms with Crippen LogP contribution in [0.2, 0.25) is 5.02 Å². The van der Waals surface area contributed by atoms with Crippen LogP contribution in [0.1, 0.15) is 22.5 Å². The van der Waals surface area contributed by atoms with Gasteiger partial charge in [0.1, 0.15) is 0 Å². The second kappa shape index (κ2) is 7.28. The molecule has 0 fully saturated rings. The molecule has 7 nitrogen and oxygen atoms in total. The van der Waals surface area contributed by atoms with Crippen LogP contribution in [0.5, 0.6) is 11.5 Å². The summed E-state index contributed by atoms with van der Waals surface area (Å²) >= 11 is 6.28. The van der Waals surface area contributed by atoms with Gasteiger partial charge in [-0.15, -0.1) is 0 Å². The van der Waals surface area contributed by atoms with E-state index in [1.807, 2.05) is 0 Å². The summed E-state index contributed by atoms with van der Waals surface area (Å²) in [6, 6.07) is 10.4. The molecule has 0 spiro atoms. The largest absolute Gasteiger partial charge is 0.489 e. The third-order valence-electron chi connectivity index (χ3n) is 4.23. The molecule has 138 valence electrons. The van der Waals surface area contributed by atoms with Gasteiger partial charge in [-0.25, -0.2) is 5.10 Å². The monoisotopic (exact) mass is 385 g/mol. The zero-order valence-corrected chi connectivity index (χ0v) is 15.0. The SMILES string of the molecule is O=C(NCc1cc(Cl)c2c(c1)OCCCO2)c1n[nH]c(=O)c2ccccc12. The van der Waals surface area contributed by atoms with Gasteiger partial charge in [-0.3, -0.25) is 9.59 Å². The Morgan fingerprint density at radius 2 is 1.96 bits per heavy atom. The average molecular weight is 386 g/mol. The summed E-state index contributed by atoms with van der Waals surface area (Å²) in [6.07, 6.45) is 0.780. The normalized spacial score (nSPS) is 13.2. The molecule has 2 heterocycles. The minimum atomic E-state index is -0.398. The van der Waals surface area contributed by atoms with E-state index in [0.717, 1.165) is 12.0 Å². The van der Waals surface area contributed by atoms with Crippen LogP contribution in [0.3, 0.4) is 0 Å². The van der Waals surface area contributed by atoms with Gasteiger partial charge in [0.25, 0.3) is 11.5 Å². The van der Waals surface area contributed by atoms with E-state index in [2.05, 4.69) is 15.5 Å². The van der Waals surface area contributed by atoms with Crippen molar-refractivity contribution >= 4 is 28.3 Å². The lowest BCUT2D eigenvalue weighted by Crippen LogP contribution is -2.26. The van der Waals surface area contributed by atoms with Gasteiger partial charge in [0.2, 0.25) is 0 Å². The number of carbonyl (C=O) groups is 1. The fraction of sp³-hybridized carbons (Fsp3) is 0.211. The maximum Gasteiger partial charge on any atom is 0.272 e. The molecule has 2 aromatic carbocycles. The summed E-state index contributed by atoms with van der Waals surface area (Å²) in [5, 5.41) is 10.4. The number of aromatic amines is 1. The quantitative estimate of drug-likeness (QED) is 0.723. The Morgan fingerprint density at radius 1 is 1.19 bits per heavy atom. The minimum absolute atomic E-state index is 0.158. The summed E-state index contributed by atoms with van der Waals surface area (Å²) in [4.78, 5) is 24.4. The highest BCUT2D eigenvalue weighted by atomic mass is 35.5. The number of nitrogens with zero attached hydrogens (tertiary/aromatic N) is 1. The Labute approximate surface area is 159 Å². The van der Waals surface area contributed by atoms with Crippen molar-refractivity contribution in [2.24, 2.45) is 0 Å². The Morgan fingerprint density at radius 3 is 2.81 bits per heavy atom. The maximum absolute atomic E-state index is 12.6. The van der Waals surface area contributed by atoms with E-state index in [4.69, 9.17) is 21.1 Å². The minimum Gasteiger partial charge on any atom is -0.489 e. The molecule has 2 N–H and O–H groups in total. The number of benzene rings is 2. The van der Waals surface area contributed by atoms with E-state index in [1.165, 1.54) is 0 Å². The zero-order chi connectivity index (χ0) is 18.8. The van der Waals surface area contributed by atoms with Crippen molar-refractivity contribution in [3.8, 4) is 11.5 Å². The standard InChI is InChI=1S/C19H16ClN3O4/c20-14-8-11(9-15-17(14)27-7-3-6-26-15)10-21-19(25)16-12-4-1-2-5-13(12)18(24)23-22-16/h1-2,4-5,8-9H,3,6-7,10H2,(H,21,25)(H,23,24). The van der Waals surface area contributed by atoms with Crippen LogP contribution in [-0.2, 0) is 6.54 Å². The number of aromatic nitrogens is 2. The van der Waals surface area contributed by atoms with Crippen LogP contribution in [0, 0.1) is 0 Å². The maximum atomic E-state index is 12.6. The molecule has 1 aliphatic rings. The van der Waals surface area contributed by atoms with Crippen molar-refractivity contribution in [1.29, 1.82) is 0 Å². The molecule has 1 aromatic heterocycles. The fourth-order valence-electron chi connectivity index (χ4n) is 2.94. The van der Waals surface area contributed by atoms with Crippen molar-refractivity contribution in [3.05, 3.63) is 63.0 Å². The first kappa shape index (κ1) is 17.4. The predicted molar refractivity (Wildman–Crippen MR) is 101 cm³/mol. The molecule has 0 saturated carbocycles. The van der Waals surface area contributed by atoms with Gasteiger partial charge in [0.05, 0.1) is 23.6 Å². The number of hydrogen-bond donors (Lipinski definition) is 2. The van der Waals surface area contributed by atoms with E-state index >= 15 is 0 Å². The second-order valence-corrected chi connectivity index (χ2v) is 6.49. The molecule has 0 bridgehead atoms. The van der Waals surface area contributed by atoms with E-state index in [1.54, 1.807) is 36.4 Å². The zero-order valence-electron chi connectivity index (χ0n) is 14.3. The lowest BCUT2D eigenvalue weighted by atomic mass is 10.1. The number of carbonyl (C=O) groups excluding carboxylic acids is 1. The molecule has 8 heteroatoms. The Balaban J connectivity index is 1.57. The number of hydrogen-bond acceptors (Lipinski definition) is 5. The topological polar surface area (TPSA) is 93.3 Å². The number of fused-ring (bicyclic) bond motifs is 2. The third-order valence-corrected chi connectivity index (χ3v) is 4.51. The van der Waals surface area contributed by atoms with Crippen molar-refractivity contribution in [2.75, 3.05) is 13.2 Å². The van der Waals surface area contributed by atoms with Gasteiger partial charge < -0.3 is 14.8 Å². The van der Waals surface area contributed by atoms with Crippen molar-refractivity contribution in [1.82, 2.24) is 15.5 Å². The van der Waals surface area contributed by atoms with E-state index in [0.29, 0.717) is 40.5 Å². The first-order valence-electron chi connectivity index (χ1n) is 8.47. The summed E-state index contributed by atoms with van der Waals surface area (Å²) in [5.74, 6) is 0.695. The highest BCUT2D eigenvalue weighted by Gasteiger charge is 2.17. The molecule has 27 heavy (non-hydrogen) atoms. The molecule has 0 saturated heterocycles. The molecule has 1 aliphatic heterocycles. The highest BCUT2D eigenvalue weighted by molar-refractivity contribution is 6.32. The number of amides is 1. The Bertz CT molecular complexity index is 1080. The van der Waals surface area contributed by atoms with E-state index < -0.39 is 5.91 Å². The molecule has 1 amide bonds. The van der Waals surface area contributed by atoms with Crippen molar-refractivity contribution in [2.45, 2.75) is 13.0 Å².